The predicted octanol–water partition coefficient (Wildman–Crippen LogP) is 2.67. The first-order chi connectivity index (χ1) is 9.66. The smallest absolute Gasteiger partial charge is 0.348 e. The van der Waals surface area contributed by atoms with Gasteiger partial charge in [0.25, 0.3) is 0 Å². The van der Waals surface area contributed by atoms with Gasteiger partial charge in [0.1, 0.15) is 0 Å². The molecule has 0 saturated heterocycles. The lowest BCUT2D eigenvalue weighted by molar-refractivity contribution is -0.132. The Labute approximate surface area is 116 Å². The normalized spacial score (nSPS) is 10.4. The van der Waals surface area contributed by atoms with Crippen LogP contribution in [0.4, 0.5) is 5.69 Å². The van der Waals surface area contributed by atoms with Gasteiger partial charge >= 0.3 is 11.9 Å². The van der Waals surface area contributed by atoms with Crippen LogP contribution in [0.3, 0.4) is 0 Å². The van der Waals surface area contributed by atoms with Crippen LogP contribution in [0, 0.1) is 0 Å². The number of rotatable bonds is 3. The molecule has 0 amide bonds. The summed E-state index contributed by atoms with van der Waals surface area (Å²) in [6, 6.07) is 15.7. The number of anilines is 1. The lowest BCUT2D eigenvalue weighted by Gasteiger charge is -2.03. The van der Waals surface area contributed by atoms with Crippen molar-refractivity contribution >= 4 is 23.7 Å². The summed E-state index contributed by atoms with van der Waals surface area (Å²) in [5.74, 6) is -1.49. The first-order valence-corrected chi connectivity index (χ1v) is 6.00. The minimum atomic E-state index is -0.759. The topological polar surface area (TPSA) is 69.4 Å². The third-order valence-corrected chi connectivity index (χ3v) is 2.59. The maximum Gasteiger partial charge on any atom is 0.348 e. The quantitative estimate of drug-likeness (QED) is 0.402. The van der Waals surface area contributed by atoms with Crippen molar-refractivity contribution in [1.29, 1.82) is 0 Å². The average Bonchev–Trinajstić information content (AvgIpc) is 2.46. The highest BCUT2D eigenvalue weighted by Gasteiger charge is 2.13. The van der Waals surface area contributed by atoms with E-state index in [4.69, 9.17) is 10.5 Å². The molecule has 0 unspecified atom stereocenters. The Morgan fingerprint density at radius 3 is 2.30 bits per heavy atom. The van der Waals surface area contributed by atoms with Gasteiger partial charge in [-0.3, -0.25) is 0 Å². The van der Waals surface area contributed by atoms with E-state index in [0.717, 1.165) is 5.56 Å². The first kappa shape index (κ1) is 13.5. The predicted molar refractivity (Wildman–Crippen MR) is 76.8 cm³/mol. The fourth-order valence-electron chi connectivity index (χ4n) is 1.59. The lowest BCUT2D eigenvalue weighted by Crippen LogP contribution is -2.12. The van der Waals surface area contributed by atoms with Gasteiger partial charge in [0.15, 0.2) is 0 Å². The van der Waals surface area contributed by atoms with Crippen LogP contribution in [0.1, 0.15) is 15.9 Å². The summed E-state index contributed by atoms with van der Waals surface area (Å²) >= 11 is 0. The van der Waals surface area contributed by atoms with Gasteiger partial charge in [-0.1, -0.05) is 42.5 Å². The minimum absolute atomic E-state index is 0.175. The van der Waals surface area contributed by atoms with Crippen LogP contribution >= 0.6 is 0 Å². The van der Waals surface area contributed by atoms with Crippen LogP contribution in [0.5, 0.6) is 0 Å². The molecule has 0 fully saturated rings. The van der Waals surface area contributed by atoms with Gasteiger partial charge in [0, 0.05) is 11.8 Å². The Balaban J connectivity index is 2.00. The van der Waals surface area contributed by atoms with Crippen LogP contribution in [0.15, 0.2) is 60.7 Å². The molecule has 100 valence electrons. The van der Waals surface area contributed by atoms with Crippen molar-refractivity contribution in [2.45, 2.75) is 0 Å². The largest absolute Gasteiger partial charge is 0.398 e. The van der Waals surface area contributed by atoms with E-state index in [9.17, 15) is 9.59 Å². The fraction of sp³-hybridized carbons (Fsp3) is 0. The zero-order chi connectivity index (χ0) is 14.4. The number of para-hydroxylation sites is 1. The molecule has 4 heteroatoms. The van der Waals surface area contributed by atoms with Crippen molar-refractivity contribution in [1.82, 2.24) is 0 Å². The van der Waals surface area contributed by atoms with Crippen molar-refractivity contribution in [3.8, 4) is 0 Å². The summed E-state index contributed by atoms with van der Waals surface area (Å²) in [6.45, 7) is 0. The molecule has 0 atom stereocenters. The van der Waals surface area contributed by atoms with Crippen LogP contribution in [0.2, 0.25) is 0 Å². The third kappa shape index (κ3) is 3.55. The molecular formula is C16H13NO3. The van der Waals surface area contributed by atoms with Gasteiger partial charge in [-0.25, -0.2) is 9.59 Å². The van der Waals surface area contributed by atoms with E-state index in [0.29, 0.717) is 0 Å². The summed E-state index contributed by atoms with van der Waals surface area (Å²) in [4.78, 5) is 23.3. The van der Waals surface area contributed by atoms with E-state index in [1.54, 1.807) is 24.3 Å². The molecule has 0 aromatic heterocycles. The van der Waals surface area contributed by atoms with E-state index in [2.05, 4.69) is 0 Å². The zero-order valence-corrected chi connectivity index (χ0v) is 10.7. The Kier molecular flexibility index (Phi) is 4.29. The molecule has 2 aromatic carbocycles. The van der Waals surface area contributed by atoms with Gasteiger partial charge in [-0.15, -0.1) is 0 Å². The van der Waals surface area contributed by atoms with Crippen molar-refractivity contribution in [2.75, 3.05) is 5.73 Å². The molecule has 4 nitrogen and oxygen atoms in total. The van der Waals surface area contributed by atoms with Gasteiger partial charge < -0.3 is 10.5 Å². The third-order valence-electron chi connectivity index (χ3n) is 2.59. The molecule has 2 N–H and O–H groups in total. The fourth-order valence-corrected chi connectivity index (χ4v) is 1.59. The van der Waals surface area contributed by atoms with Crippen LogP contribution < -0.4 is 5.73 Å². The van der Waals surface area contributed by atoms with E-state index in [-0.39, 0.29) is 11.3 Å². The van der Waals surface area contributed by atoms with Crippen molar-refractivity contribution in [3.63, 3.8) is 0 Å². The summed E-state index contributed by atoms with van der Waals surface area (Å²) in [7, 11) is 0. The Morgan fingerprint density at radius 1 is 0.950 bits per heavy atom. The monoisotopic (exact) mass is 267 g/mol. The molecule has 0 heterocycles. The molecule has 20 heavy (non-hydrogen) atoms. The summed E-state index contributed by atoms with van der Waals surface area (Å²) in [5.41, 5.74) is 6.93. The first-order valence-electron chi connectivity index (χ1n) is 6.00. The number of nitrogens with two attached hydrogens (primary N) is 1. The van der Waals surface area contributed by atoms with Gasteiger partial charge in [-0.2, -0.15) is 0 Å². The van der Waals surface area contributed by atoms with E-state index in [1.807, 2.05) is 30.3 Å². The second kappa shape index (κ2) is 6.33. The number of hydrogen-bond acceptors (Lipinski definition) is 4. The number of hydrogen-bond donors (Lipinski definition) is 1. The summed E-state index contributed by atoms with van der Waals surface area (Å²) in [5, 5.41) is 0. The van der Waals surface area contributed by atoms with Crippen molar-refractivity contribution < 1.29 is 14.3 Å². The zero-order valence-electron chi connectivity index (χ0n) is 10.7. The second-order valence-corrected chi connectivity index (χ2v) is 4.04. The van der Waals surface area contributed by atoms with Crippen molar-refractivity contribution in [3.05, 3.63) is 71.8 Å². The molecule has 0 aliphatic heterocycles. The second-order valence-electron chi connectivity index (χ2n) is 4.04. The highest BCUT2D eigenvalue weighted by molar-refractivity contribution is 6.03. The van der Waals surface area contributed by atoms with E-state index in [1.165, 1.54) is 12.1 Å². The Hall–Kier alpha value is -2.88. The lowest BCUT2D eigenvalue weighted by atomic mass is 10.2. The SMILES string of the molecule is Nc1ccccc1C(=O)OC(=O)C=Cc1ccccc1. The molecule has 0 bridgehead atoms. The molecule has 0 aliphatic carbocycles. The number of benzene rings is 2. The van der Waals surface area contributed by atoms with Gasteiger partial charge in [0.05, 0.1) is 5.56 Å². The Morgan fingerprint density at radius 2 is 1.60 bits per heavy atom. The molecule has 2 rings (SSSR count). The highest BCUT2D eigenvalue weighted by Crippen LogP contribution is 2.12. The van der Waals surface area contributed by atoms with Gasteiger partial charge in [-0.05, 0) is 23.8 Å². The van der Waals surface area contributed by atoms with Crippen LogP contribution in [-0.4, -0.2) is 11.9 Å². The standard InChI is InChI=1S/C16H13NO3/c17-14-9-5-4-8-13(14)16(19)20-15(18)11-10-12-6-2-1-3-7-12/h1-11H,17H2. The molecule has 0 spiro atoms. The number of carbonyl (C=O) groups excluding carboxylic acids is 2. The maximum absolute atomic E-state index is 11.7. The van der Waals surface area contributed by atoms with E-state index >= 15 is 0 Å². The number of carbonyl (C=O) groups is 2. The molecule has 0 aliphatic rings. The molecular weight excluding hydrogens is 254 g/mol. The number of ether oxygens (including phenoxy) is 1. The summed E-state index contributed by atoms with van der Waals surface area (Å²) in [6.07, 6.45) is 2.77. The van der Waals surface area contributed by atoms with Crippen LogP contribution in [-0.2, 0) is 9.53 Å². The molecule has 0 saturated carbocycles. The highest BCUT2D eigenvalue weighted by atomic mass is 16.6. The Bertz CT molecular complexity index is 648. The number of esters is 2. The van der Waals surface area contributed by atoms with E-state index < -0.39 is 11.9 Å². The number of nitrogen functional groups attached to an aromatic ring is 1. The minimum Gasteiger partial charge on any atom is -0.398 e. The van der Waals surface area contributed by atoms with Gasteiger partial charge in [0.2, 0.25) is 0 Å². The van der Waals surface area contributed by atoms with Crippen molar-refractivity contribution in [2.24, 2.45) is 0 Å². The summed E-state index contributed by atoms with van der Waals surface area (Å²) < 4.78 is 4.69. The van der Waals surface area contributed by atoms with Crippen LogP contribution in [0.25, 0.3) is 6.08 Å². The average molecular weight is 267 g/mol. The molecule has 0 radical (unpaired) electrons. The molecule has 2 aromatic rings. The maximum atomic E-state index is 11.7.